The lowest BCUT2D eigenvalue weighted by Gasteiger charge is -2.28. The molecule has 0 radical (unpaired) electrons. The van der Waals surface area contributed by atoms with Crippen LogP contribution in [0.15, 0.2) is 36.4 Å². The molecule has 0 atom stereocenters. The maximum Gasteiger partial charge on any atom is 0.230 e. The van der Waals surface area contributed by atoms with Gasteiger partial charge in [0.2, 0.25) is 11.7 Å². The van der Waals surface area contributed by atoms with E-state index in [2.05, 4.69) is 5.32 Å². The molecule has 0 aliphatic heterocycles. The first kappa shape index (κ1) is 20.0. The van der Waals surface area contributed by atoms with Crippen LogP contribution in [0.4, 0.5) is 4.39 Å². The molecule has 3 rings (SSSR count). The van der Waals surface area contributed by atoms with Crippen molar-refractivity contribution in [2.45, 2.75) is 37.6 Å². The van der Waals surface area contributed by atoms with Crippen LogP contribution in [0.25, 0.3) is 0 Å². The van der Waals surface area contributed by atoms with E-state index < -0.39 is 5.41 Å². The Balaban J connectivity index is 1.85. The van der Waals surface area contributed by atoms with Crippen molar-refractivity contribution in [1.29, 1.82) is 0 Å². The number of hydrogen-bond acceptors (Lipinski definition) is 4. The van der Waals surface area contributed by atoms with Gasteiger partial charge < -0.3 is 19.5 Å². The molecule has 1 aliphatic rings. The highest BCUT2D eigenvalue weighted by molar-refractivity contribution is 5.88. The van der Waals surface area contributed by atoms with Crippen LogP contribution < -0.4 is 19.5 Å². The predicted octanol–water partition coefficient (Wildman–Crippen LogP) is 3.98. The Morgan fingerprint density at radius 2 is 1.75 bits per heavy atom. The standard InChI is InChI=1S/C22H26FNO4/c1-26-18-10-9-15(19(27-2)20(18)28-3)14-24-21(25)22(11-4-5-12-22)16-7-6-8-17(23)13-16/h6-10,13H,4-5,11-12,14H2,1-3H3,(H,24,25). The maximum atomic E-state index is 13.8. The van der Waals surface area contributed by atoms with Crippen molar-refractivity contribution in [2.75, 3.05) is 21.3 Å². The van der Waals surface area contributed by atoms with Gasteiger partial charge in [0.05, 0.1) is 26.7 Å². The Morgan fingerprint density at radius 1 is 1.04 bits per heavy atom. The van der Waals surface area contributed by atoms with E-state index in [9.17, 15) is 9.18 Å². The lowest BCUT2D eigenvalue weighted by atomic mass is 9.78. The summed E-state index contributed by atoms with van der Waals surface area (Å²) in [5.41, 5.74) is 0.828. The molecule has 1 N–H and O–H groups in total. The molecule has 0 unspecified atom stereocenters. The second-order valence-electron chi connectivity index (χ2n) is 6.98. The molecule has 1 amide bonds. The van der Waals surface area contributed by atoms with E-state index in [4.69, 9.17) is 14.2 Å². The molecule has 0 bridgehead atoms. The lowest BCUT2D eigenvalue weighted by molar-refractivity contribution is -0.126. The number of amides is 1. The third-order valence-electron chi connectivity index (χ3n) is 5.49. The molecule has 1 fully saturated rings. The molecular weight excluding hydrogens is 361 g/mol. The Bertz CT molecular complexity index is 846. The maximum absolute atomic E-state index is 13.8. The molecule has 28 heavy (non-hydrogen) atoms. The molecule has 2 aromatic rings. The van der Waals surface area contributed by atoms with Crippen LogP contribution in [0.3, 0.4) is 0 Å². The van der Waals surface area contributed by atoms with E-state index in [1.807, 2.05) is 12.1 Å². The van der Waals surface area contributed by atoms with Crippen LogP contribution in [0, 0.1) is 5.82 Å². The molecule has 1 aliphatic carbocycles. The van der Waals surface area contributed by atoms with Crippen LogP contribution in [0.2, 0.25) is 0 Å². The van der Waals surface area contributed by atoms with Crippen LogP contribution in [-0.2, 0) is 16.8 Å². The molecule has 0 heterocycles. The number of halogens is 1. The largest absolute Gasteiger partial charge is 0.493 e. The Hall–Kier alpha value is -2.76. The van der Waals surface area contributed by atoms with Crippen molar-refractivity contribution < 1.29 is 23.4 Å². The van der Waals surface area contributed by atoms with Gasteiger partial charge in [-0.1, -0.05) is 25.0 Å². The van der Waals surface area contributed by atoms with E-state index in [0.717, 1.165) is 24.0 Å². The minimum absolute atomic E-state index is 0.0903. The predicted molar refractivity (Wildman–Crippen MR) is 104 cm³/mol. The summed E-state index contributed by atoms with van der Waals surface area (Å²) in [4.78, 5) is 13.2. The van der Waals surface area contributed by atoms with Gasteiger partial charge in [-0.3, -0.25) is 4.79 Å². The molecule has 0 spiro atoms. The van der Waals surface area contributed by atoms with Crippen molar-refractivity contribution in [3.63, 3.8) is 0 Å². The van der Waals surface area contributed by atoms with Crippen LogP contribution in [-0.4, -0.2) is 27.2 Å². The van der Waals surface area contributed by atoms with Crippen LogP contribution in [0.5, 0.6) is 17.2 Å². The highest BCUT2D eigenvalue weighted by Gasteiger charge is 2.42. The van der Waals surface area contributed by atoms with Gasteiger partial charge in [-0.2, -0.15) is 0 Å². The summed E-state index contributed by atoms with van der Waals surface area (Å²) in [6.45, 7) is 0.277. The van der Waals surface area contributed by atoms with Gasteiger partial charge in [0.15, 0.2) is 11.5 Å². The van der Waals surface area contributed by atoms with Crippen molar-refractivity contribution in [2.24, 2.45) is 0 Å². The van der Waals surface area contributed by atoms with Gasteiger partial charge in [-0.05, 0) is 42.7 Å². The number of methoxy groups -OCH3 is 3. The minimum atomic E-state index is -0.689. The Morgan fingerprint density at radius 3 is 2.36 bits per heavy atom. The topological polar surface area (TPSA) is 56.8 Å². The van der Waals surface area contributed by atoms with Crippen molar-refractivity contribution in [3.8, 4) is 17.2 Å². The average molecular weight is 387 g/mol. The summed E-state index contributed by atoms with van der Waals surface area (Å²) in [6, 6.07) is 9.99. The number of carbonyl (C=O) groups excluding carboxylic acids is 1. The van der Waals surface area contributed by atoms with E-state index in [1.54, 1.807) is 33.5 Å². The SMILES string of the molecule is COc1ccc(CNC(=O)C2(c3cccc(F)c3)CCCC2)c(OC)c1OC. The summed E-state index contributed by atoms with van der Waals surface area (Å²) in [7, 11) is 4.65. The van der Waals surface area contributed by atoms with Gasteiger partial charge >= 0.3 is 0 Å². The number of carbonyl (C=O) groups is 1. The first-order valence-electron chi connectivity index (χ1n) is 9.38. The minimum Gasteiger partial charge on any atom is -0.493 e. The van der Waals surface area contributed by atoms with Crippen LogP contribution >= 0.6 is 0 Å². The molecule has 2 aromatic carbocycles. The normalized spacial score (nSPS) is 15.1. The van der Waals surface area contributed by atoms with Crippen LogP contribution in [0.1, 0.15) is 36.8 Å². The lowest BCUT2D eigenvalue weighted by Crippen LogP contribution is -2.42. The fourth-order valence-corrected chi connectivity index (χ4v) is 4.06. The van der Waals surface area contributed by atoms with E-state index >= 15 is 0 Å². The zero-order valence-electron chi connectivity index (χ0n) is 16.5. The second kappa shape index (κ2) is 8.50. The molecule has 150 valence electrons. The first-order chi connectivity index (χ1) is 13.6. The van der Waals surface area contributed by atoms with Gasteiger partial charge in [0.25, 0.3) is 0 Å². The number of ether oxygens (including phenoxy) is 3. The molecule has 0 saturated heterocycles. The summed E-state index contributed by atoms with van der Waals surface area (Å²) in [5, 5.41) is 3.03. The number of rotatable bonds is 7. The van der Waals surface area contributed by atoms with E-state index in [0.29, 0.717) is 30.1 Å². The van der Waals surface area contributed by atoms with Gasteiger partial charge in [0.1, 0.15) is 5.82 Å². The van der Waals surface area contributed by atoms with Gasteiger partial charge in [-0.25, -0.2) is 4.39 Å². The number of benzene rings is 2. The molecule has 5 nitrogen and oxygen atoms in total. The zero-order chi connectivity index (χ0) is 20.1. The zero-order valence-corrected chi connectivity index (χ0v) is 16.5. The summed E-state index contributed by atoms with van der Waals surface area (Å²) in [5.74, 6) is 1.15. The van der Waals surface area contributed by atoms with Gasteiger partial charge in [0, 0.05) is 12.1 Å². The smallest absolute Gasteiger partial charge is 0.230 e. The van der Waals surface area contributed by atoms with Gasteiger partial charge in [-0.15, -0.1) is 0 Å². The fourth-order valence-electron chi connectivity index (χ4n) is 4.06. The summed E-state index contributed by atoms with van der Waals surface area (Å²) >= 11 is 0. The van der Waals surface area contributed by atoms with Crippen molar-refractivity contribution >= 4 is 5.91 Å². The fraction of sp³-hybridized carbons (Fsp3) is 0.409. The third-order valence-corrected chi connectivity index (χ3v) is 5.49. The first-order valence-corrected chi connectivity index (χ1v) is 9.38. The van der Waals surface area contributed by atoms with Crippen molar-refractivity contribution in [3.05, 3.63) is 53.3 Å². The monoisotopic (exact) mass is 387 g/mol. The Labute approximate surface area is 164 Å². The highest BCUT2D eigenvalue weighted by atomic mass is 19.1. The molecule has 6 heteroatoms. The summed E-state index contributed by atoms with van der Waals surface area (Å²) in [6.07, 6.45) is 3.32. The summed E-state index contributed by atoms with van der Waals surface area (Å²) < 4.78 is 30.0. The Kier molecular flexibility index (Phi) is 6.07. The molecular formula is C22H26FNO4. The average Bonchev–Trinajstić information content (AvgIpc) is 3.22. The molecule has 0 aromatic heterocycles. The number of nitrogens with one attached hydrogen (secondary N) is 1. The third kappa shape index (κ3) is 3.63. The van der Waals surface area contributed by atoms with E-state index in [-0.39, 0.29) is 18.3 Å². The second-order valence-corrected chi connectivity index (χ2v) is 6.98. The molecule has 1 saturated carbocycles. The van der Waals surface area contributed by atoms with Crippen molar-refractivity contribution in [1.82, 2.24) is 5.32 Å². The van der Waals surface area contributed by atoms with E-state index in [1.165, 1.54) is 12.1 Å². The highest BCUT2D eigenvalue weighted by Crippen LogP contribution is 2.42. The number of hydrogen-bond donors (Lipinski definition) is 1. The quantitative estimate of drug-likeness (QED) is 0.781.